The van der Waals surface area contributed by atoms with E-state index < -0.39 is 0 Å². The van der Waals surface area contributed by atoms with Crippen LogP contribution in [-0.2, 0) is 22.6 Å². The molecule has 2 amide bonds. The molecule has 6 nitrogen and oxygen atoms in total. The number of carbonyl (C=O) groups excluding carboxylic acids is 2. The van der Waals surface area contributed by atoms with E-state index in [9.17, 15) is 9.59 Å². The van der Waals surface area contributed by atoms with E-state index in [4.69, 9.17) is 5.84 Å². The van der Waals surface area contributed by atoms with Crippen LogP contribution in [0.3, 0.4) is 0 Å². The number of amides is 2. The van der Waals surface area contributed by atoms with Gasteiger partial charge in [-0.2, -0.15) is 0 Å². The van der Waals surface area contributed by atoms with Gasteiger partial charge in [0.2, 0.25) is 11.8 Å². The highest BCUT2D eigenvalue weighted by atomic mass is 16.2. The van der Waals surface area contributed by atoms with Crippen LogP contribution in [0.2, 0.25) is 0 Å². The largest absolute Gasteiger partial charge is 0.358 e. The van der Waals surface area contributed by atoms with Crippen LogP contribution in [0.25, 0.3) is 0 Å². The van der Waals surface area contributed by atoms with Gasteiger partial charge in [0.15, 0.2) is 0 Å². The Morgan fingerprint density at radius 3 is 2.29 bits per heavy atom. The van der Waals surface area contributed by atoms with Crippen molar-refractivity contribution in [1.29, 1.82) is 0 Å². The van der Waals surface area contributed by atoms with Gasteiger partial charge in [-0.05, 0) is 24.1 Å². The van der Waals surface area contributed by atoms with Gasteiger partial charge in [-0.25, -0.2) is 5.84 Å². The van der Waals surface area contributed by atoms with Gasteiger partial charge in [-0.3, -0.25) is 19.9 Å². The van der Waals surface area contributed by atoms with Gasteiger partial charge in [0.1, 0.15) is 0 Å². The van der Waals surface area contributed by atoms with E-state index in [0.29, 0.717) is 13.1 Å². The molecule has 4 N–H and O–H groups in total. The maximum Gasteiger partial charge on any atom is 0.238 e. The average Bonchev–Trinajstić information content (AvgIpc) is 2.49. The summed E-state index contributed by atoms with van der Waals surface area (Å²) in [7, 11) is 1.64. The van der Waals surface area contributed by atoms with Crippen molar-refractivity contribution in [3.8, 4) is 0 Å². The van der Waals surface area contributed by atoms with Gasteiger partial charge in [0.05, 0.1) is 13.0 Å². The minimum absolute atomic E-state index is 0.0136. The summed E-state index contributed by atoms with van der Waals surface area (Å²) in [5, 5.41) is 2.64. The first-order chi connectivity index (χ1) is 10.1. The standard InChI is InChI=1S/C15H24N4O2/c1-3-8-19(11-15(21)17-2)10-13-6-4-12(5-7-13)9-14(20)18-16/h4-7H,3,8-11,16H2,1-2H3,(H,17,21)(H,18,20). The van der Waals surface area contributed by atoms with Crippen LogP contribution in [0.5, 0.6) is 0 Å². The van der Waals surface area contributed by atoms with E-state index >= 15 is 0 Å². The van der Waals surface area contributed by atoms with E-state index in [0.717, 1.165) is 24.1 Å². The molecule has 1 aromatic rings. The highest BCUT2D eigenvalue weighted by molar-refractivity contribution is 5.78. The molecule has 0 atom stereocenters. The van der Waals surface area contributed by atoms with Crippen LogP contribution in [0.15, 0.2) is 24.3 Å². The molecule has 1 aromatic carbocycles. The van der Waals surface area contributed by atoms with Crippen molar-refractivity contribution < 1.29 is 9.59 Å². The fourth-order valence-electron chi connectivity index (χ4n) is 2.07. The molecular formula is C15H24N4O2. The minimum atomic E-state index is -0.213. The van der Waals surface area contributed by atoms with Crippen LogP contribution in [0.1, 0.15) is 24.5 Å². The molecule has 1 rings (SSSR count). The normalized spacial score (nSPS) is 10.5. The van der Waals surface area contributed by atoms with Crippen LogP contribution in [0.4, 0.5) is 0 Å². The van der Waals surface area contributed by atoms with Crippen molar-refractivity contribution in [2.75, 3.05) is 20.1 Å². The molecule has 116 valence electrons. The zero-order valence-corrected chi connectivity index (χ0v) is 12.7. The first kappa shape index (κ1) is 17.1. The molecule has 0 aliphatic rings. The smallest absolute Gasteiger partial charge is 0.238 e. The Balaban J connectivity index is 2.62. The zero-order valence-electron chi connectivity index (χ0n) is 12.7. The van der Waals surface area contributed by atoms with Gasteiger partial charge in [0, 0.05) is 13.6 Å². The molecule has 0 saturated heterocycles. The number of hydrogen-bond donors (Lipinski definition) is 3. The predicted molar refractivity (Wildman–Crippen MR) is 82.1 cm³/mol. The monoisotopic (exact) mass is 292 g/mol. The molecule has 0 fully saturated rings. The van der Waals surface area contributed by atoms with E-state index in [1.165, 1.54) is 0 Å². The van der Waals surface area contributed by atoms with Crippen LogP contribution in [0, 0.1) is 0 Å². The van der Waals surface area contributed by atoms with Crippen LogP contribution < -0.4 is 16.6 Å². The number of likely N-dealkylation sites (N-methyl/N-ethyl adjacent to an activating group) is 1. The van der Waals surface area contributed by atoms with Gasteiger partial charge in [0.25, 0.3) is 0 Å². The summed E-state index contributed by atoms with van der Waals surface area (Å²) < 4.78 is 0. The number of rotatable bonds is 8. The molecular weight excluding hydrogens is 268 g/mol. The SMILES string of the molecule is CCCN(CC(=O)NC)Cc1ccc(CC(=O)NN)cc1. The Hall–Kier alpha value is -1.92. The molecule has 0 bridgehead atoms. The number of nitrogens with two attached hydrogens (primary N) is 1. The van der Waals surface area contributed by atoms with Crippen molar-refractivity contribution in [1.82, 2.24) is 15.6 Å². The Kier molecular flexibility index (Phi) is 7.42. The van der Waals surface area contributed by atoms with Crippen molar-refractivity contribution in [2.24, 2.45) is 5.84 Å². The Labute approximate surface area is 125 Å². The van der Waals surface area contributed by atoms with Crippen molar-refractivity contribution in [3.05, 3.63) is 35.4 Å². The Morgan fingerprint density at radius 1 is 1.14 bits per heavy atom. The fraction of sp³-hybridized carbons (Fsp3) is 0.467. The number of hydrogen-bond acceptors (Lipinski definition) is 4. The lowest BCUT2D eigenvalue weighted by molar-refractivity contribution is -0.122. The van der Waals surface area contributed by atoms with E-state index in [1.54, 1.807) is 7.05 Å². The summed E-state index contributed by atoms with van der Waals surface area (Å²) in [6.45, 7) is 4.06. The predicted octanol–water partition coefficient (Wildman–Crippen LogP) is 0.177. The van der Waals surface area contributed by atoms with E-state index in [2.05, 4.69) is 22.6 Å². The Bertz CT molecular complexity index is 459. The highest BCUT2D eigenvalue weighted by Crippen LogP contribution is 2.09. The lowest BCUT2D eigenvalue weighted by atomic mass is 10.1. The second-order valence-electron chi connectivity index (χ2n) is 4.94. The summed E-state index contributed by atoms with van der Waals surface area (Å²) in [6.07, 6.45) is 1.26. The Morgan fingerprint density at radius 2 is 1.76 bits per heavy atom. The van der Waals surface area contributed by atoms with Crippen molar-refractivity contribution in [3.63, 3.8) is 0 Å². The number of hydrazine groups is 1. The van der Waals surface area contributed by atoms with E-state index in [1.807, 2.05) is 24.3 Å². The molecule has 0 saturated carbocycles. The number of carbonyl (C=O) groups is 2. The van der Waals surface area contributed by atoms with Crippen LogP contribution in [-0.4, -0.2) is 36.9 Å². The topological polar surface area (TPSA) is 87.5 Å². The first-order valence-electron chi connectivity index (χ1n) is 7.09. The minimum Gasteiger partial charge on any atom is -0.358 e. The summed E-state index contributed by atoms with van der Waals surface area (Å²) in [5.74, 6) is 4.87. The van der Waals surface area contributed by atoms with Crippen molar-refractivity contribution in [2.45, 2.75) is 26.3 Å². The quantitative estimate of drug-likeness (QED) is 0.362. The summed E-state index contributed by atoms with van der Waals surface area (Å²) >= 11 is 0. The molecule has 21 heavy (non-hydrogen) atoms. The molecule has 0 heterocycles. The number of benzene rings is 1. The molecule has 0 aromatic heterocycles. The molecule has 6 heteroatoms. The van der Waals surface area contributed by atoms with Gasteiger partial charge >= 0.3 is 0 Å². The summed E-state index contributed by atoms with van der Waals surface area (Å²) in [4.78, 5) is 24.8. The third kappa shape index (κ3) is 6.37. The second-order valence-corrected chi connectivity index (χ2v) is 4.94. The van der Waals surface area contributed by atoms with E-state index in [-0.39, 0.29) is 18.2 Å². The van der Waals surface area contributed by atoms with Gasteiger partial charge in [-0.1, -0.05) is 31.2 Å². The zero-order chi connectivity index (χ0) is 15.7. The maximum absolute atomic E-state index is 11.5. The first-order valence-corrected chi connectivity index (χ1v) is 7.09. The van der Waals surface area contributed by atoms with Crippen molar-refractivity contribution >= 4 is 11.8 Å². The molecule has 0 aliphatic carbocycles. The summed E-state index contributed by atoms with van der Waals surface area (Å²) in [5.41, 5.74) is 4.14. The third-order valence-electron chi connectivity index (χ3n) is 3.14. The second kappa shape index (κ2) is 9.10. The lowest BCUT2D eigenvalue weighted by Gasteiger charge is -2.20. The molecule has 0 aliphatic heterocycles. The van der Waals surface area contributed by atoms with Crippen LogP contribution >= 0.6 is 0 Å². The third-order valence-corrected chi connectivity index (χ3v) is 3.14. The molecule has 0 unspecified atom stereocenters. The van der Waals surface area contributed by atoms with Gasteiger partial charge in [-0.15, -0.1) is 0 Å². The summed E-state index contributed by atoms with van der Waals surface area (Å²) in [6, 6.07) is 7.78. The highest BCUT2D eigenvalue weighted by Gasteiger charge is 2.09. The number of nitrogens with zero attached hydrogens (tertiary/aromatic N) is 1. The average molecular weight is 292 g/mol. The lowest BCUT2D eigenvalue weighted by Crippen LogP contribution is -2.35. The molecule has 0 spiro atoms. The van der Waals surface area contributed by atoms with Gasteiger partial charge < -0.3 is 5.32 Å². The molecule has 0 radical (unpaired) electrons. The maximum atomic E-state index is 11.5. The number of nitrogens with one attached hydrogen (secondary N) is 2. The fourth-order valence-corrected chi connectivity index (χ4v) is 2.07.